The zero-order chi connectivity index (χ0) is 25.4. The van der Waals surface area contributed by atoms with E-state index in [2.05, 4.69) is 32.1 Å². The Morgan fingerprint density at radius 3 is 2.81 bits per heavy atom. The molecule has 1 fully saturated rings. The van der Waals surface area contributed by atoms with Crippen molar-refractivity contribution in [1.82, 2.24) is 24.5 Å². The van der Waals surface area contributed by atoms with Crippen molar-refractivity contribution < 1.29 is 9.13 Å². The summed E-state index contributed by atoms with van der Waals surface area (Å²) >= 11 is 3.38. The number of aromatic nitrogens is 5. The molecule has 3 aromatic heterocycles. The minimum absolute atomic E-state index is 0.244. The van der Waals surface area contributed by atoms with E-state index < -0.39 is 6.10 Å². The Labute approximate surface area is 216 Å². The van der Waals surface area contributed by atoms with E-state index in [4.69, 9.17) is 15.6 Å². The largest absolute Gasteiger partial charge is 0.482 e. The fourth-order valence-corrected chi connectivity index (χ4v) is 4.62. The van der Waals surface area contributed by atoms with Gasteiger partial charge in [-0.2, -0.15) is 15.5 Å². The molecule has 8 nitrogen and oxygen atoms in total. The van der Waals surface area contributed by atoms with Crippen molar-refractivity contribution in [1.29, 1.82) is 5.26 Å². The Bertz CT molecular complexity index is 1470. The molecule has 3 heterocycles. The van der Waals surface area contributed by atoms with Gasteiger partial charge in [0.2, 0.25) is 0 Å². The maximum absolute atomic E-state index is 14.4. The van der Waals surface area contributed by atoms with E-state index in [1.165, 1.54) is 25.0 Å². The lowest BCUT2D eigenvalue weighted by Crippen LogP contribution is -2.08. The van der Waals surface area contributed by atoms with Gasteiger partial charge >= 0.3 is 0 Å². The summed E-state index contributed by atoms with van der Waals surface area (Å²) in [6.45, 7) is 2.66. The third-order valence-electron chi connectivity index (χ3n) is 6.23. The van der Waals surface area contributed by atoms with Gasteiger partial charge in [0.15, 0.2) is 17.3 Å². The van der Waals surface area contributed by atoms with Crippen LogP contribution in [-0.4, -0.2) is 24.5 Å². The molecule has 1 atom stereocenters. The number of nitrogen functional groups attached to an aromatic ring is 1. The number of ether oxygens (including phenoxy) is 1. The normalized spacial score (nSPS) is 14.0. The highest BCUT2D eigenvalue weighted by molar-refractivity contribution is 9.10. The first-order chi connectivity index (χ1) is 17.3. The fraction of sp³-hybridized carbons (Fsp3) is 0.308. The smallest absolute Gasteiger partial charge is 0.166 e. The highest BCUT2D eigenvalue weighted by Gasteiger charge is 2.24. The van der Waals surface area contributed by atoms with Crippen LogP contribution in [0.2, 0.25) is 0 Å². The molecule has 1 aromatic carbocycles. The number of benzene rings is 1. The zero-order valence-electron chi connectivity index (χ0n) is 19.9. The van der Waals surface area contributed by atoms with Crippen LogP contribution in [0.15, 0.2) is 47.3 Å². The Morgan fingerprint density at radius 1 is 1.25 bits per heavy atom. The first-order valence-electron chi connectivity index (χ1n) is 11.7. The van der Waals surface area contributed by atoms with Crippen molar-refractivity contribution in [2.24, 2.45) is 13.0 Å². The maximum Gasteiger partial charge on any atom is 0.166 e. The van der Waals surface area contributed by atoms with Crippen molar-refractivity contribution >= 4 is 21.7 Å². The van der Waals surface area contributed by atoms with Gasteiger partial charge in [0.1, 0.15) is 18.0 Å². The van der Waals surface area contributed by atoms with Gasteiger partial charge in [0.25, 0.3) is 0 Å². The molecule has 1 aliphatic carbocycles. The third kappa shape index (κ3) is 5.11. The Morgan fingerprint density at radius 2 is 2.06 bits per heavy atom. The van der Waals surface area contributed by atoms with Crippen LogP contribution in [0.3, 0.4) is 0 Å². The van der Waals surface area contributed by atoms with Crippen LogP contribution in [0, 0.1) is 23.1 Å². The molecular formula is C26H25BrFN7O. The van der Waals surface area contributed by atoms with E-state index in [1.54, 1.807) is 23.0 Å². The molecule has 0 saturated heterocycles. The molecule has 36 heavy (non-hydrogen) atoms. The summed E-state index contributed by atoms with van der Waals surface area (Å²) in [5, 5.41) is 18.8. The van der Waals surface area contributed by atoms with Crippen LogP contribution in [0.25, 0.3) is 11.3 Å². The second-order valence-electron chi connectivity index (χ2n) is 9.16. The van der Waals surface area contributed by atoms with Crippen LogP contribution < -0.4 is 10.5 Å². The summed E-state index contributed by atoms with van der Waals surface area (Å²) in [6, 6.07) is 8.52. The monoisotopic (exact) mass is 549 g/mol. The molecule has 0 spiro atoms. The third-order valence-corrected chi connectivity index (χ3v) is 6.66. The number of hydrogen-bond acceptors (Lipinski definition) is 6. The summed E-state index contributed by atoms with van der Waals surface area (Å²) in [4.78, 5) is 4.11. The number of aryl methyl sites for hydroxylation is 1. The molecule has 0 radical (unpaired) electrons. The number of hydrogen-bond donors (Lipinski definition) is 1. The highest BCUT2D eigenvalue weighted by Crippen LogP contribution is 2.36. The molecule has 0 aliphatic heterocycles. The molecule has 4 aromatic rings. The lowest BCUT2D eigenvalue weighted by atomic mass is 9.96. The first-order valence-corrected chi connectivity index (χ1v) is 12.5. The minimum atomic E-state index is -0.542. The van der Waals surface area contributed by atoms with Crippen molar-refractivity contribution in [2.75, 3.05) is 5.73 Å². The Hall–Kier alpha value is -3.71. The number of halogens is 2. The van der Waals surface area contributed by atoms with Crippen LogP contribution in [0.4, 0.5) is 10.2 Å². The summed E-state index contributed by atoms with van der Waals surface area (Å²) in [6.07, 6.45) is 7.81. The second-order valence-corrected chi connectivity index (χ2v) is 10.1. The van der Waals surface area contributed by atoms with Gasteiger partial charge in [-0.05, 0) is 65.9 Å². The van der Waals surface area contributed by atoms with Crippen LogP contribution in [-0.2, 0) is 20.0 Å². The summed E-state index contributed by atoms with van der Waals surface area (Å²) < 4.78 is 24.8. The zero-order valence-corrected chi connectivity index (χ0v) is 21.5. The second kappa shape index (κ2) is 9.74. The van der Waals surface area contributed by atoms with Crippen molar-refractivity contribution in [3.05, 3.63) is 75.5 Å². The Kier molecular flexibility index (Phi) is 6.49. The van der Waals surface area contributed by atoms with Gasteiger partial charge in [-0.15, -0.1) is 0 Å². The van der Waals surface area contributed by atoms with Crippen LogP contribution in [0.1, 0.15) is 48.3 Å². The molecular weight excluding hydrogens is 525 g/mol. The Balaban J connectivity index is 1.50. The molecule has 184 valence electrons. The van der Waals surface area contributed by atoms with Gasteiger partial charge < -0.3 is 10.5 Å². The predicted molar refractivity (Wildman–Crippen MR) is 136 cm³/mol. The first kappa shape index (κ1) is 24.0. The molecule has 0 bridgehead atoms. The number of nitrogens with zero attached hydrogens (tertiary/aromatic N) is 6. The van der Waals surface area contributed by atoms with Gasteiger partial charge in [0, 0.05) is 65.3 Å². The topological polar surface area (TPSA) is 108 Å². The molecule has 1 aliphatic rings. The van der Waals surface area contributed by atoms with Crippen molar-refractivity contribution in [3.8, 4) is 23.1 Å². The van der Waals surface area contributed by atoms with E-state index in [9.17, 15) is 9.65 Å². The van der Waals surface area contributed by atoms with E-state index in [0.717, 1.165) is 27.7 Å². The lowest BCUT2D eigenvalue weighted by molar-refractivity contribution is 0.227. The molecule has 0 amide bonds. The number of anilines is 1. The number of rotatable bonds is 8. The minimum Gasteiger partial charge on any atom is -0.482 e. The molecule has 1 saturated carbocycles. The van der Waals surface area contributed by atoms with Gasteiger partial charge in [0.05, 0.1) is 5.69 Å². The number of nitriles is 1. The summed E-state index contributed by atoms with van der Waals surface area (Å²) in [7, 11) is 1.84. The van der Waals surface area contributed by atoms with Crippen LogP contribution in [0.5, 0.6) is 5.75 Å². The van der Waals surface area contributed by atoms with Gasteiger partial charge in [-0.3, -0.25) is 9.36 Å². The van der Waals surface area contributed by atoms with Gasteiger partial charge in [-0.1, -0.05) is 0 Å². The fourth-order valence-electron chi connectivity index (χ4n) is 4.31. The van der Waals surface area contributed by atoms with E-state index in [-0.39, 0.29) is 11.6 Å². The average molecular weight is 550 g/mol. The quantitative estimate of drug-likeness (QED) is 0.324. The summed E-state index contributed by atoms with van der Waals surface area (Å²) in [5.41, 5.74) is 10.2. The number of pyridine rings is 1. The van der Waals surface area contributed by atoms with E-state index in [0.29, 0.717) is 35.0 Å². The molecule has 2 N–H and O–H groups in total. The standard InChI is InChI=1S/C26H25BrFN7O/c1-15(36-24-8-19(27)11-31-26(24)30)22-9-20(28)5-6-21(22)25-18(13-34(2)33-25)7-17-14-35(12-16-3-4-16)32-23(17)10-29/h5-6,8-9,11,13-16H,3-4,7,12H2,1-2H3,(H2,30,31)/t15-/m1/s1. The molecule has 10 heteroatoms. The lowest BCUT2D eigenvalue weighted by Gasteiger charge is -2.19. The van der Waals surface area contributed by atoms with Crippen molar-refractivity contribution in [3.63, 3.8) is 0 Å². The van der Waals surface area contributed by atoms with Crippen LogP contribution >= 0.6 is 15.9 Å². The molecule has 0 unspecified atom stereocenters. The predicted octanol–water partition coefficient (Wildman–Crippen LogP) is 5.17. The van der Waals surface area contributed by atoms with E-state index >= 15 is 0 Å². The number of nitrogens with two attached hydrogens (primary N) is 1. The highest BCUT2D eigenvalue weighted by atomic mass is 79.9. The SMILES string of the molecule is C[C@@H](Oc1cc(Br)cnc1N)c1cc(F)ccc1-c1nn(C)cc1Cc1cn(CC2CC2)nc1C#N. The van der Waals surface area contributed by atoms with E-state index in [1.807, 2.05) is 31.0 Å². The summed E-state index contributed by atoms with van der Waals surface area (Å²) in [5.74, 6) is 0.912. The van der Waals surface area contributed by atoms with Crippen molar-refractivity contribution in [2.45, 2.75) is 38.8 Å². The van der Waals surface area contributed by atoms with Gasteiger partial charge in [-0.25, -0.2) is 9.37 Å². The average Bonchev–Trinajstić information content (AvgIpc) is 3.46. The molecule has 5 rings (SSSR count). The maximum atomic E-state index is 14.4.